The summed E-state index contributed by atoms with van der Waals surface area (Å²) in [5, 5.41) is 4.55. The zero-order chi connectivity index (χ0) is 17.2. The minimum Gasteiger partial charge on any atom is -0.377 e. The van der Waals surface area contributed by atoms with Gasteiger partial charge in [-0.3, -0.25) is 9.71 Å². The number of hydrogen-bond acceptors (Lipinski definition) is 4. The third-order valence-electron chi connectivity index (χ3n) is 3.72. The zero-order valence-electron chi connectivity index (χ0n) is 13.5. The van der Waals surface area contributed by atoms with Crippen molar-refractivity contribution in [3.8, 4) is 0 Å². The lowest BCUT2D eigenvalue weighted by Crippen LogP contribution is -2.10. The van der Waals surface area contributed by atoms with Gasteiger partial charge in [0.15, 0.2) is 0 Å². The van der Waals surface area contributed by atoms with E-state index in [1.165, 1.54) is 0 Å². The molecule has 0 radical (unpaired) electrons. The van der Waals surface area contributed by atoms with Crippen LogP contribution in [0.25, 0.3) is 10.9 Å². The number of aromatic nitrogens is 1. The molecule has 2 aromatic carbocycles. The Morgan fingerprint density at radius 1 is 1.00 bits per heavy atom. The Balaban J connectivity index is 1.80. The molecule has 6 heteroatoms. The largest absolute Gasteiger partial charge is 0.377 e. The van der Waals surface area contributed by atoms with E-state index < -0.39 is 10.0 Å². The van der Waals surface area contributed by atoms with Gasteiger partial charge in [-0.05, 0) is 36.8 Å². The van der Waals surface area contributed by atoms with Crippen LogP contribution >= 0.6 is 0 Å². The predicted octanol–water partition coefficient (Wildman–Crippen LogP) is 3.78. The van der Waals surface area contributed by atoms with Gasteiger partial charge in [-0.1, -0.05) is 30.3 Å². The minimum absolute atomic E-state index is 0.0601. The number of rotatable bonds is 5. The lowest BCUT2D eigenvalue weighted by molar-refractivity contribution is 0.607. The summed E-state index contributed by atoms with van der Waals surface area (Å²) in [6.07, 6.45) is 2.92. The average molecular weight is 341 g/mol. The van der Waals surface area contributed by atoms with Gasteiger partial charge in [0.2, 0.25) is 10.0 Å². The Hall–Kier alpha value is -2.60. The van der Waals surface area contributed by atoms with Crippen LogP contribution in [-0.2, 0) is 10.0 Å². The van der Waals surface area contributed by atoms with Crippen LogP contribution in [0.3, 0.4) is 0 Å². The van der Waals surface area contributed by atoms with E-state index in [2.05, 4.69) is 21.9 Å². The number of fused-ring (bicyclic) bond motifs is 1. The highest BCUT2D eigenvalue weighted by atomic mass is 32.2. The molecule has 24 heavy (non-hydrogen) atoms. The van der Waals surface area contributed by atoms with Gasteiger partial charge in [0, 0.05) is 23.3 Å². The van der Waals surface area contributed by atoms with Crippen LogP contribution in [0.1, 0.15) is 18.5 Å². The van der Waals surface area contributed by atoms with Gasteiger partial charge >= 0.3 is 0 Å². The molecule has 0 amide bonds. The summed E-state index contributed by atoms with van der Waals surface area (Å²) in [5.41, 5.74) is 3.52. The highest BCUT2D eigenvalue weighted by molar-refractivity contribution is 7.92. The summed E-state index contributed by atoms with van der Waals surface area (Å²) in [6, 6.07) is 17.4. The van der Waals surface area contributed by atoms with Gasteiger partial charge in [0.25, 0.3) is 0 Å². The molecule has 0 spiro atoms. The predicted molar refractivity (Wildman–Crippen MR) is 98.7 cm³/mol. The van der Waals surface area contributed by atoms with Crippen LogP contribution in [0.4, 0.5) is 11.4 Å². The number of anilines is 2. The van der Waals surface area contributed by atoms with Crippen LogP contribution in [0.2, 0.25) is 0 Å². The first-order chi connectivity index (χ1) is 11.4. The lowest BCUT2D eigenvalue weighted by Gasteiger charge is -2.17. The fraction of sp³-hybridized carbons (Fsp3) is 0.167. The van der Waals surface area contributed by atoms with E-state index in [-0.39, 0.29) is 6.04 Å². The highest BCUT2D eigenvalue weighted by Crippen LogP contribution is 2.26. The number of pyridine rings is 1. The van der Waals surface area contributed by atoms with E-state index in [0.29, 0.717) is 5.69 Å². The topological polar surface area (TPSA) is 71.1 Å². The van der Waals surface area contributed by atoms with Crippen molar-refractivity contribution in [2.45, 2.75) is 13.0 Å². The van der Waals surface area contributed by atoms with Crippen LogP contribution in [0.15, 0.2) is 60.8 Å². The Morgan fingerprint density at radius 3 is 2.42 bits per heavy atom. The summed E-state index contributed by atoms with van der Waals surface area (Å²) in [6.45, 7) is 2.06. The van der Waals surface area contributed by atoms with Crippen molar-refractivity contribution in [1.82, 2.24) is 4.98 Å². The summed E-state index contributed by atoms with van der Waals surface area (Å²) in [7, 11) is -3.26. The zero-order valence-corrected chi connectivity index (χ0v) is 14.3. The van der Waals surface area contributed by atoms with E-state index in [1.54, 1.807) is 18.3 Å². The second-order valence-electron chi connectivity index (χ2n) is 5.74. The second-order valence-corrected chi connectivity index (χ2v) is 7.49. The molecule has 0 aliphatic rings. The number of hydrogen-bond donors (Lipinski definition) is 2. The first-order valence-corrected chi connectivity index (χ1v) is 9.49. The van der Waals surface area contributed by atoms with Gasteiger partial charge in [0.05, 0.1) is 17.5 Å². The maximum Gasteiger partial charge on any atom is 0.229 e. The van der Waals surface area contributed by atoms with Crippen LogP contribution < -0.4 is 10.0 Å². The van der Waals surface area contributed by atoms with E-state index in [0.717, 1.165) is 28.4 Å². The van der Waals surface area contributed by atoms with Crippen molar-refractivity contribution in [1.29, 1.82) is 0 Å². The lowest BCUT2D eigenvalue weighted by atomic mass is 10.1. The number of sulfonamides is 1. The van der Waals surface area contributed by atoms with E-state index in [9.17, 15) is 8.42 Å². The summed E-state index contributed by atoms with van der Waals surface area (Å²) < 4.78 is 25.0. The average Bonchev–Trinajstić information content (AvgIpc) is 2.54. The van der Waals surface area contributed by atoms with Crippen molar-refractivity contribution >= 4 is 32.3 Å². The van der Waals surface area contributed by atoms with Crippen LogP contribution in [-0.4, -0.2) is 19.7 Å². The Morgan fingerprint density at radius 2 is 1.71 bits per heavy atom. The standard InChI is InChI=1S/C18H19N3O2S/c1-13(14-8-10-16(11-9-14)21-24(2,22)23)20-17-7-3-5-15-6-4-12-19-18(15)17/h3-13,20-21H,1-2H3/t13-/m1/s1. The highest BCUT2D eigenvalue weighted by Gasteiger charge is 2.09. The van der Waals surface area contributed by atoms with Gasteiger partial charge in [-0.2, -0.15) is 0 Å². The molecule has 5 nitrogen and oxygen atoms in total. The maximum atomic E-state index is 11.3. The van der Waals surface area contributed by atoms with Gasteiger partial charge < -0.3 is 5.32 Å². The fourth-order valence-electron chi connectivity index (χ4n) is 2.59. The summed E-state index contributed by atoms with van der Waals surface area (Å²) in [5.74, 6) is 0. The van der Waals surface area contributed by atoms with Gasteiger partial charge in [0.1, 0.15) is 0 Å². The molecular formula is C18H19N3O2S. The molecule has 0 aliphatic heterocycles. The van der Waals surface area contributed by atoms with E-state index in [4.69, 9.17) is 0 Å². The van der Waals surface area contributed by atoms with Crippen LogP contribution in [0, 0.1) is 0 Å². The smallest absolute Gasteiger partial charge is 0.229 e. The molecule has 3 aromatic rings. The second kappa shape index (κ2) is 6.49. The quantitative estimate of drug-likeness (QED) is 0.741. The third kappa shape index (κ3) is 3.83. The van der Waals surface area contributed by atoms with Crippen molar-refractivity contribution < 1.29 is 8.42 Å². The van der Waals surface area contributed by atoms with E-state index >= 15 is 0 Å². The third-order valence-corrected chi connectivity index (χ3v) is 4.33. The molecule has 1 atom stereocenters. The van der Waals surface area contributed by atoms with Crippen LogP contribution in [0.5, 0.6) is 0 Å². The normalized spacial score (nSPS) is 12.8. The molecule has 0 saturated carbocycles. The molecule has 2 N–H and O–H groups in total. The first kappa shape index (κ1) is 16.3. The Kier molecular flexibility index (Phi) is 4.40. The summed E-state index contributed by atoms with van der Waals surface area (Å²) >= 11 is 0. The molecule has 0 fully saturated rings. The maximum absolute atomic E-state index is 11.3. The first-order valence-electron chi connectivity index (χ1n) is 7.60. The molecule has 0 unspecified atom stereocenters. The molecule has 3 rings (SSSR count). The monoisotopic (exact) mass is 341 g/mol. The Labute approximate surface area is 141 Å². The van der Waals surface area contributed by atoms with E-state index in [1.807, 2.05) is 42.5 Å². The molecule has 124 valence electrons. The molecule has 0 bridgehead atoms. The van der Waals surface area contributed by atoms with Crippen molar-refractivity contribution in [3.05, 3.63) is 66.4 Å². The molecule has 1 heterocycles. The Bertz CT molecular complexity index is 948. The summed E-state index contributed by atoms with van der Waals surface area (Å²) in [4.78, 5) is 4.44. The van der Waals surface area contributed by atoms with Crippen molar-refractivity contribution in [3.63, 3.8) is 0 Å². The molecule has 1 aromatic heterocycles. The number of para-hydroxylation sites is 1. The molecular weight excluding hydrogens is 322 g/mol. The molecule has 0 aliphatic carbocycles. The number of nitrogens with zero attached hydrogens (tertiary/aromatic N) is 1. The number of benzene rings is 2. The fourth-order valence-corrected chi connectivity index (χ4v) is 3.16. The minimum atomic E-state index is -3.26. The van der Waals surface area contributed by atoms with Crippen molar-refractivity contribution in [2.75, 3.05) is 16.3 Å². The SMILES string of the molecule is C[C@@H](Nc1cccc2cccnc12)c1ccc(NS(C)(=O)=O)cc1. The van der Waals surface area contributed by atoms with Crippen molar-refractivity contribution in [2.24, 2.45) is 0 Å². The molecule has 0 saturated heterocycles. The van der Waals surface area contributed by atoms with Gasteiger partial charge in [-0.15, -0.1) is 0 Å². The number of nitrogens with one attached hydrogen (secondary N) is 2. The van der Waals surface area contributed by atoms with Gasteiger partial charge in [-0.25, -0.2) is 8.42 Å².